The van der Waals surface area contributed by atoms with Gasteiger partial charge in [-0.3, -0.25) is 0 Å². The molecule has 0 aromatic heterocycles. The summed E-state index contributed by atoms with van der Waals surface area (Å²) in [4.78, 5) is 0. The zero-order chi connectivity index (χ0) is 23.5. The molecule has 0 aliphatic heterocycles. The number of benzene rings is 1. The molecule has 0 spiro atoms. The van der Waals surface area contributed by atoms with Crippen LogP contribution < -0.4 is 9.47 Å². The number of rotatable bonds is 9. The minimum atomic E-state index is 0.381. The highest BCUT2D eigenvalue weighted by atomic mass is 16.5. The lowest BCUT2D eigenvalue weighted by molar-refractivity contribution is 0.276. The van der Waals surface area contributed by atoms with Crippen molar-refractivity contribution in [3.8, 4) is 11.5 Å². The highest BCUT2D eigenvalue weighted by Crippen LogP contribution is 2.32. The average Bonchev–Trinajstić information content (AvgIpc) is 2.92. The summed E-state index contributed by atoms with van der Waals surface area (Å²) in [6, 6.07) is 5.67. The smallest absolute Gasteiger partial charge is 0.241 e. The fourth-order valence-corrected chi connectivity index (χ4v) is 4.07. The maximum absolute atomic E-state index is 6.11. The summed E-state index contributed by atoms with van der Waals surface area (Å²) in [5.74, 6) is 2.51. The van der Waals surface area contributed by atoms with Gasteiger partial charge in [0.05, 0.1) is 13.2 Å². The lowest BCUT2D eigenvalue weighted by Gasteiger charge is -2.14. The molecule has 2 aliphatic carbocycles. The third-order valence-electron chi connectivity index (χ3n) is 5.76. The average molecular weight is 449 g/mol. The normalized spacial score (nSPS) is 20.2. The van der Waals surface area contributed by atoms with E-state index in [-0.39, 0.29) is 0 Å². The number of ether oxygens (including phenoxy) is 3. The lowest BCUT2D eigenvalue weighted by Crippen LogP contribution is -2.10. The highest BCUT2D eigenvalue weighted by molar-refractivity contribution is 5.95. The number of nitrogens with zero attached hydrogens (tertiary/aromatic N) is 2. The summed E-state index contributed by atoms with van der Waals surface area (Å²) >= 11 is 0. The van der Waals surface area contributed by atoms with Crippen LogP contribution in [0.2, 0.25) is 0 Å². The van der Waals surface area contributed by atoms with Gasteiger partial charge in [-0.25, -0.2) is 0 Å². The quantitative estimate of drug-likeness (QED) is 0.137. The van der Waals surface area contributed by atoms with Gasteiger partial charge in [-0.1, -0.05) is 37.1 Å². The van der Waals surface area contributed by atoms with Gasteiger partial charge in [0.25, 0.3) is 0 Å². The predicted molar refractivity (Wildman–Crippen MR) is 135 cm³/mol. The van der Waals surface area contributed by atoms with Gasteiger partial charge in [-0.15, -0.1) is 10.8 Å². The second-order valence-corrected chi connectivity index (χ2v) is 8.61. The molecular weight excluding hydrogens is 412 g/mol. The van der Waals surface area contributed by atoms with Gasteiger partial charge in [-0.05, 0) is 75.6 Å². The summed E-state index contributed by atoms with van der Waals surface area (Å²) < 4.78 is 17.7. The third kappa shape index (κ3) is 7.50. The summed E-state index contributed by atoms with van der Waals surface area (Å²) in [5, 5.41) is 7.86. The maximum Gasteiger partial charge on any atom is 0.241 e. The largest absolute Gasteiger partial charge is 0.490 e. The fraction of sp³-hybridized carbons (Fsp3) is 0.464. The molecule has 2 bridgehead atoms. The first-order valence-corrected chi connectivity index (χ1v) is 12.0. The second-order valence-electron chi connectivity index (χ2n) is 8.61. The molecule has 0 amide bonds. The molecule has 5 heteroatoms. The van der Waals surface area contributed by atoms with Gasteiger partial charge in [-0.2, -0.15) is 5.10 Å². The molecule has 1 saturated carbocycles. The van der Waals surface area contributed by atoms with Gasteiger partial charge in [0.2, 0.25) is 5.90 Å². The number of allylic oxidation sites excluding steroid dienone is 4. The number of hydrogen-bond donors (Lipinski definition) is 0. The number of hydrogen-bond acceptors (Lipinski definition) is 5. The Hall–Kier alpha value is -3.04. The van der Waals surface area contributed by atoms with E-state index in [4.69, 9.17) is 14.2 Å². The Kier molecular flexibility index (Phi) is 9.59. The van der Waals surface area contributed by atoms with Gasteiger partial charge in [0.15, 0.2) is 11.5 Å². The van der Waals surface area contributed by atoms with E-state index in [2.05, 4.69) is 48.7 Å². The van der Waals surface area contributed by atoms with Crippen LogP contribution in [0.5, 0.6) is 11.5 Å². The van der Waals surface area contributed by atoms with E-state index in [0.717, 1.165) is 36.3 Å². The van der Waals surface area contributed by atoms with Gasteiger partial charge >= 0.3 is 0 Å². The monoisotopic (exact) mass is 448 g/mol. The van der Waals surface area contributed by atoms with Crippen molar-refractivity contribution < 1.29 is 14.2 Å². The Morgan fingerprint density at radius 1 is 1.18 bits per heavy atom. The third-order valence-corrected chi connectivity index (χ3v) is 5.76. The molecule has 0 saturated heterocycles. The van der Waals surface area contributed by atoms with E-state index < -0.39 is 0 Å². The van der Waals surface area contributed by atoms with E-state index in [1.807, 2.05) is 31.2 Å². The Morgan fingerprint density at radius 2 is 2.06 bits per heavy atom. The van der Waals surface area contributed by atoms with Crippen molar-refractivity contribution in [1.82, 2.24) is 0 Å². The van der Waals surface area contributed by atoms with E-state index in [9.17, 15) is 0 Å². The van der Waals surface area contributed by atoms with E-state index in [0.29, 0.717) is 37.2 Å². The molecular formula is C28H36N2O3. The molecule has 0 heterocycles. The molecule has 5 nitrogen and oxygen atoms in total. The van der Waals surface area contributed by atoms with Crippen LogP contribution in [0, 0.1) is 5.92 Å². The molecule has 33 heavy (non-hydrogen) atoms. The van der Waals surface area contributed by atoms with Crippen LogP contribution in [0.4, 0.5) is 0 Å². The zero-order valence-electron chi connectivity index (χ0n) is 20.2. The van der Waals surface area contributed by atoms with E-state index in [1.165, 1.54) is 30.4 Å². The van der Waals surface area contributed by atoms with Crippen molar-refractivity contribution in [2.45, 2.75) is 59.3 Å². The highest BCUT2D eigenvalue weighted by Gasteiger charge is 2.16. The Morgan fingerprint density at radius 3 is 2.85 bits per heavy atom. The summed E-state index contributed by atoms with van der Waals surface area (Å²) in [7, 11) is 0. The van der Waals surface area contributed by atoms with Crippen molar-refractivity contribution in [2.75, 3.05) is 19.8 Å². The fourth-order valence-electron chi connectivity index (χ4n) is 4.07. The van der Waals surface area contributed by atoms with Gasteiger partial charge in [0.1, 0.15) is 6.61 Å². The van der Waals surface area contributed by atoms with Crippen LogP contribution in [0.25, 0.3) is 0 Å². The van der Waals surface area contributed by atoms with E-state index in [1.54, 1.807) is 0 Å². The first-order chi connectivity index (χ1) is 16.1. The first-order valence-electron chi connectivity index (χ1n) is 12.0. The summed E-state index contributed by atoms with van der Waals surface area (Å²) in [6.07, 6.45) is 13.0. The Bertz CT molecular complexity index is 981. The van der Waals surface area contributed by atoms with Gasteiger partial charge in [0, 0.05) is 17.9 Å². The van der Waals surface area contributed by atoms with Crippen LogP contribution in [0.1, 0.15) is 64.9 Å². The topological polar surface area (TPSA) is 52.4 Å². The van der Waals surface area contributed by atoms with Crippen molar-refractivity contribution in [1.29, 1.82) is 0 Å². The molecule has 1 unspecified atom stereocenters. The Labute approximate surface area is 198 Å². The summed E-state index contributed by atoms with van der Waals surface area (Å²) in [6.45, 7) is 11.4. The molecule has 1 aromatic carbocycles. The minimum absolute atomic E-state index is 0.381. The molecule has 176 valence electrons. The van der Waals surface area contributed by atoms with Crippen LogP contribution in [0.3, 0.4) is 0 Å². The van der Waals surface area contributed by atoms with Crippen LogP contribution in [-0.4, -0.2) is 32.4 Å². The molecule has 0 radical (unpaired) electrons. The number of fused-ring (bicyclic) bond motifs is 2. The predicted octanol–water partition coefficient (Wildman–Crippen LogP) is 6.80. The van der Waals surface area contributed by atoms with Crippen molar-refractivity contribution >= 4 is 12.6 Å². The Balaban J connectivity index is 1.78. The van der Waals surface area contributed by atoms with E-state index >= 15 is 0 Å². The molecule has 1 atom stereocenters. The maximum atomic E-state index is 6.11. The molecule has 2 aliphatic rings. The molecule has 3 rings (SSSR count). The molecule has 1 fully saturated rings. The van der Waals surface area contributed by atoms with Crippen LogP contribution in [0.15, 0.2) is 69.1 Å². The van der Waals surface area contributed by atoms with Crippen molar-refractivity contribution in [3.63, 3.8) is 0 Å². The zero-order valence-corrected chi connectivity index (χ0v) is 20.2. The summed E-state index contributed by atoms with van der Waals surface area (Å²) in [5.41, 5.74) is 8.27. The second kappa shape index (κ2) is 12.9. The molecule has 0 N–H and O–H groups in total. The minimum Gasteiger partial charge on any atom is -0.490 e. The lowest BCUT2D eigenvalue weighted by atomic mass is 9.98. The first kappa shape index (κ1) is 24.6. The van der Waals surface area contributed by atoms with Crippen molar-refractivity contribution in [2.24, 2.45) is 16.1 Å². The molecule has 1 aromatic rings. The standard InChI is InChI=1S/C28H36N2O3/c1-5-16-32-27-19-25(14-15-26(27)31-6-2)28(30-29-4)33-20-23-9-7-8-22-11-10-21(3)17-24(18-22)13-12-23/h7-8,13-15,19,21H,4-6,10-12,16-18,20H2,1-3H3/b22-8-,24-13?,30-28-. The van der Waals surface area contributed by atoms with Crippen molar-refractivity contribution in [3.05, 3.63) is 64.4 Å². The SMILES string of the molecule is C=N/N=C(\OCC1=C=C/C=C2/CCC(C)CC(=CC1)C2)c1ccc(OCC)c(OCCC)c1. The van der Waals surface area contributed by atoms with Gasteiger partial charge < -0.3 is 14.2 Å². The van der Waals surface area contributed by atoms with Crippen LogP contribution >= 0.6 is 0 Å². The van der Waals surface area contributed by atoms with Crippen LogP contribution in [-0.2, 0) is 4.74 Å².